The molecule has 0 aromatic carbocycles. The highest BCUT2D eigenvalue weighted by molar-refractivity contribution is 5.85. The normalized spacial score (nSPS) is 11.1. The Labute approximate surface area is 73.4 Å². The van der Waals surface area contributed by atoms with Gasteiger partial charge in [-0.1, -0.05) is 0 Å². The lowest BCUT2D eigenvalue weighted by Gasteiger charge is -2.02. The molecule has 4 N–H and O–H groups in total. The van der Waals surface area contributed by atoms with Crippen LogP contribution in [0.2, 0.25) is 0 Å². The number of hydrogen-bond donors (Lipinski definition) is 2. The van der Waals surface area contributed by atoms with E-state index in [1.807, 2.05) is 0 Å². The predicted octanol–water partition coefficient (Wildman–Crippen LogP) is 0.866. The number of hydrogen-bond acceptors (Lipinski definition) is 2. The Morgan fingerprint density at radius 2 is 1.80 bits per heavy atom. The first-order chi connectivity index (χ1) is 3.81. The summed E-state index contributed by atoms with van der Waals surface area (Å²) in [5.74, 6) is 0. The molecule has 0 saturated carbocycles. The van der Waals surface area contributed by atoms with Gasteiger partial charge in [-0.15, -0.1) is 24.8 Å². The lowest BCUT2D eigenvalue weighted by atomic mass is 10.2. The van der Waals surface area contributed by atoms with Gasteiger partial charge >= 0.3 is 0 Å². The van der Waals surface area contributed by atoms with Crippen molar-refractivity contribution in [3.63, 3.8) is 0 Å². The molecular formula is C5H15Cl2FN2. The second kappa shape index (κ2) is 12.1. The molecule has 1 unspecified atom stereocenters. The van der Waals surface area contributed by atoms with E-state index in [-0.39, 0.29) is 30.9 Å². The second-order valence-electron chi connectivity index (χ2n) is 1.85. The lowest BCUT2D eigenvalue weighted by molar-refractivity contribution is 0.409. The molecule has 0 fully saturated rings. The number of rotatable bonds is 4. The predicted molar refractivity (Wildman–Crippen MR) is 46.7 cm³/mol. The molecule has 0 rings (SSSR count). The summed E-state index contributed by atoms with van der Waals surface area (Å²) in [5, 5.41) is 0. The van der Waals surface area contributed by atoms with Crippen LogP contribution in [0, 0.1) is 0 Å². The molecule has 0 saturated heterocycles. The van der Waals surface area contributed by atoms with Crippen molar-refractivity contribution in [2.45, 2.75) is 18.9 Å². The van der Waals surface area contributed by atoms with Gasteiger partial charge in [-0.05, 0) is 19.4 Å². The maximum atomic E-state index is 11.5. The summed E-state index contributed by atoms with van der Waals surface area (Å²) in [6.07, 6.45) is 1.53. The van der Waals surface area contributed by atoms with E-state index in [9.17, 15) is 4.39 Å². The maximum absolute atomic E-state index is 11.5. The van der Waals surface area contributed by atoms with Crippen LogP contribution in [0.25, 0.3) is 0 Å². The van der Waals surface area contributed by atoms with Crippen LogP contribution in [0.1, 0.15) is 12.8 Å². The highest BCUT2D eigenvalue weighted by Crippen LogP contribution is 1.91. The van der Waals surface area contributed by atoms with Crippen molar-refractivity contribution in [3.8, 4) is 0 Å². The van der Waals surface area contributed by atoms with Crippen molar-refractivity contribution < 1.29 is 4.39 Å². The molecule has 1 atom stereocenters. The van der Waals surface area contributed by atoms with Crippen molar-refractivity contribution in [2.24, 2.45) is 11.5 Å². The highest BCUT2D eigenvalue weighted by atomic mass is 35.5. The Kier molecular flexibility index (Phi) is 20.4. The molecular weight excluding hydrogens is 178 g/mol. The first kappa shape index (κ1) is 16.8. The van der Waals surface area contributed by atoms with Crippen molar-refractivity contribution in [3.05, 3.63) is 0 Å². The van der Waals surface area contributed by atoms with Gasteiger partial charge < -0.3 is 11.5 Å². The quantitative estimate of drug-likeness (QED) is 0.695. The minimum absolute atomic E-state index is 0. The molecule has 5 heteroatoms. The smallest absolute Gasteiger partial charge is 0.104 e. The van der Waals surface area contributed by atoms with Gasteiger partial charge in [0.25, 0.3) is 0 Å². The fraction of sp³-hybridized carbons (Fsp3) is 1.00. The van der Waals surface area contributed by atoms with Crippen LogP contribution in [-0.2, 0) is 0 Å². The maximum Gasteiger partial charge on any atom is 0.104 e. The molecule has 0 aromatic rings. The fourth-order valence-corrected chi connectivity index (χ4v) is 0.457. The Balaban J connectivity index is -0.000000245. The zero-order valence-electron chi connectivity index (χ0n) is 5.75. The lowest BCUT2D eigenvalue weighted by Crippen LogP contribution is -2.22. The molecule has 0 spiro atoms. The van der Waals surface area contributed by atoms with E-state index in [0.29, 0.717) is 13.0 Å². The first-order valence-electron chi connectivity index (χ1n) is 2.83. The average molecular weight is 193 g/mol. The van der Waals surface area contributed by atoms with Crippen LogP contribution < -0.4 is 11.5 Å². The van der Waals surface area contributed by atoms with Crippen LogP contribution in [-0.4, -0.2) is 19.3 Å². The third-order valence-corrected chi connectivity index (χ3v) is 0.977. The van der Waals surface area contributed by atoms with Crippen LogP contribution in [0.4, 0.5) is 4.39 Å². The monoisotopic (exact) mass is 192 g/mol. The molecule has 66 valence electrons. The van der Waals surface area contributed by atoms with Gasteiger partial charge in [-0.2, -0.15) is 0 Å². The standard InChI is InChI=1S/C5H13FN2.2ClH/c6-4-5(8)2-1-3-7;;/h5H,1-4,7-8H2;2*1H. The minimum atomic E-state index is -0.431. The molecule has 0 heterocycles. The van der Waals surface area contributed by atoms with E-state index in [1.165, 1.54) is 0 Å². The summed E-state index contributed by atoms with van der Waals surface area (Å²) in [4.78, 5) is 0. The van der Waals surface area contributed by atoms with Gasteiger partial charge in [0.1, 0.15) is 6.67 Å². The van der Waals surface area contributed by atoms with E-state index in [0.717, 1.165) is 6.42 Å². The SMILES string of the molecule is Cl.Cl.NCCCC(N)CF. The van der Waals surface area contributed by atoms with Gasteiger partial charge in [0.05, 0.1) is 0 Å². The summed E-state index contributed by atoms with van der Waals surface area (Å²) in [7, 11) is 0. The topological polar surface area (TPSA) is 52.0 Å². The Morgan fingerprint density at radius 1 is 1.30 bits per heavy atom. The number of nitrogens with two attached hydrogens (primary N) is 2. The Hall–Kier alpha value is 0.430. The molecule has 0 bridgehead atoms. The van der Waals surface area contributed by atoms with Gasteiger partial charge in [0.2, 0.25) is 0 Å². The Morgan fingerprint density at radius 3 is 2.10 bits per heavy atom. The van der Waals surface area contributed by atoms with E-state index in [1.54, 1.807) is 0 Å². The fourth-order valence-electron chi connectivity index (χ4n) is 0.457. The molecule has 0 amide bonds. The van der Waals surface area contributed by atoms with Crippen molar-refractivity contribution >= 4 is 24.8 Å². The molecule has 0 aliphatic heterocycles. The van der Waals surface area contributed by atoms with Crippen LogP contribution >= 0.6 is 24.8 Å². The van der Waals surface area contributed by atoms with E-state index < -0.39 is 6.67 Å². The second-order valence-corrected chi connectivity index (χ2v) is 1.85. The highest BCUT2D eigenvalue weighted by Gasteiger charge is 1.97. The van der Waals surface area contributed by atoms with Gasteiger partial charge in [-0.25, -0.2) is 4.39 Å². The Bertz CT molecular complexity index is 56.9. The van der Waals surface area contributed by atoms with Gasteiger partial charge in [0, 0.05) is 6.04 Å². The number of alkyl halides is 1. The summed E-state index contributed by atoms with van der Waals surface area (Å²) in [5.41, 5.74) is 10.4. The summed E-state index contributed by atoms with van der Waals surface area (Å²) >= 11 is 0. The summed E-state index contributed by atoms with van der Waals surface area (Å²) in [6, 6.07) is -0.293. The van der Waals surface area contributed by atoms with Crippen molar-refractivity contribution in [2.75, 3.05) is 13.2 Å². The van der Waals surface area contributed by atoms with Crippen LogP contribution in [0.5, 0.6) is 0 Å². The third-order valence-electron chi connectivity index (χ3n) is 0.977. The average Bonchev–Trinajstić information content (AvgIpc) is 1.83. The zero-order valence-corrected chi connectivity index (χ0v) is 7.39. The molecule has 0 aliphatic carbocycles. The zero-order chi connectivity index (χ0) is 6.41. The molecule has 10 heavy (non-hydrogen) atoms. The molecule has 0 aromatic heterocycles. The largest absolute Gasteiger partial charge is 0.330 e. The van der Waals surface area contributed by atoms with Crippen molar-refractivity contribution in [1.29, 1.82) is 0 Å². The minimum Gasteiger partial charge on any atom is -0.330 e. The van der Waals surface area contributed by atoms with E-state index >= 15 is 0 Å². The van der Waals surface area contributed by atoms with Crippen LogP contribution in [0.3, 0.4) is 0 Å². The van der Waals surface area contributed by atoms with E-state index in [2.05, 4.69) is 0 Å². The number of halogens is 3. The molecule has 2 nitrogen and oxygen atoms in total. The molecule has 0 aliphatic rings. The van der Waals surface area contributed by atoms with E-state index in [4.69, 9.17) is 11.5 Å². The summed E-state index contributed by atoms with van der Waals surface area (Å²) in [6.45, 7) is 0.174. The van der Waals surface area contributed by atoms with Gasteiger partial charge in [-0.3, -0.25) is 0 Å². The van der Waals surface area contributed by atoms with Gasteiger partial charge in [0.15, 0.2) is 0 Å². The molecule has 0 radical (unpaired) electrons. The first-order valence-corrected chi connectivity index (χ1v) is 2.83. The summed E-state index contributed by atoms with van der Waals surface area (Å²) < 4.78 is 11.5. The van der Waals surface area contributed by atoms with Crippen LogP contribution in [0.15, 0.2) is 0 Å². The third kappa shape index (κ3) is 11.3. The van der Waals surface area contributed by atoms with Crippen molar-refractivity contribution in [1.82, 2.24) is 0 Å².